The van der Waals surface area contributed by atoms with E-state index in [0.717, 1.165) is 12.2 Å². The quantitative estimate of drug-likeness (QED) is 0.668. The van der Waals surface area contributed by atoms with Gasteiger partial charge in [-0.3, -0.25) is 4.79 Å². The number of rotatable bonds is 5. The molecule has 2 heterocycles. The molecule has 0 unspecified atom stereocenters. The summed E-state index contributed by atoms with van der Waals surface area (Å²) in [6.07, 6.45) is 0. The summed E-state index contributed by atoms with van der Waals surface area (Å²) in [6, 6.07) is 10.3. The first-order chi connectivity index (χ1) is 14.5. The SMILES string of the molecule is COc1ccc(-c2nc(CNC(=O)c3ccc4c(c3)OCCN4C)c(C)o2)cc1O. The lowest BCUT2D eigenvalue weighted by atomic mass is 10.1. The summed E-state index contributed by atoms with van der Waals surface area (Å²) < 4.78 is 16.4. The predicted octanol–water partition coefficient (Wildman–Crippen LogP) is 3.12. The molecule has 156 valence electrons. The fourth-order valence-electron chi connectivity index (χ4n) is 3.30. The lowest BCUT2D eigenvalue weighted by Crippen LogP contribution is -2.29. The maximum atomic E-state index is 12.6. The van der Waals surface area contributed by atoms with Crippen molar-refractivity contribution in [2.24, 2.45) is 0 Å². The van der Waals surface area contributed by atoms with Crippen LogP contribution in [0.2, 0.25) is 0 Å². The summed E-state index contributed by atoms with van der Waals surface area (Å²) in [5.74, 6) is 1.81. The van der Waals surface area contributed by atoms with E-state index >= 15 is 0 Å². The van der Waals surface area contributed by atoms with E-state index in [4.69, 9.17) is 13.9 Å². The summed E-state index contributed by atoms with van der Waals surface area (Å²) in [5, 5.41) is 12.8. The maximum Gasteiger partial charge on any atom is 0.251 e. The van der Waals surface area contributed by atoms with Crippen LogP contribution in [0.1, 0.15) is 21.8 Å². The molecule has 0 atom stereocenters. The Labute approximate surface area is 174 Å². The van der Waals surface area contributed by atoms with Gasteiger partial charge >= 0.3 is 0 Å². The Kier molecular flexibility index (Phi) is 5.22. The third-order valence-corrected chi connectivity index (χ3v) is 5.05. The number of hydrogen-bond acceptors (Lipinski definition) is 7. The number of methoxy groups -OCH3 is 1. The molecule has 0 saturated carbocycles. The van der Waals surface area contributed by atoms with Crippen molar-refractivity contribution in [1.82, 2.24) is 10.3 Å². The van der Waals surface area contributed by atoms with Crippen molar-refractivity contribution in [2.45, 2.75) is 13.5 Å². The summed E-state index contributed by atoms with van der Waals surface area (Å²) in [6.45, 7) is 3.41. The number of aromatic nitrogens is 1. The minimum Gasteiger partial charge on any atom is -0.504 e. The number of anilines is 1. The van der Waals surface area contributed by atoms with E-state index in [2.05, 4.69) is 15.2 Å². The number of carbonyl (C=O) groups is 1. The van der Waals surface area contributed by atoms with Crippen molar-refractivity contribution >= 4 is 11.6 Å². The number of benzene rings is 2. The van der Waals surface area contributed by atoms with E-state index < -0.39 is 0 Å². The number of nitrogens with zero attached hydrogens (tertiary/aromatic N) is 2. The standard InChI is InChI=1S/C22H23N3O5/c1-13-16(24-22(30-13)15-5-7-19(28-3)18(26)10-15)12-23-21(27)14-4-6-17-20(11-14)29-9-8-25(17)2/h4-7,10-11,26H,8-9,12H2,1-3H3,(H,23,27). The number of phenols is 1. The summed E-state index contributed by atoms with van der Waals surface area (Å²) >= 11 is 0. The topological polar surface area (TPSA) is 97.1 Å². The number of carbonyl (C=O) groups excluding carboxylic acids is 1. The Balaban J connectivity index is 1.47. The number of oxazole rings is 1. The lowest BCUT2D eigenvalue weighted by molar-refractivity contribution is 0.0950. The van der Waals surface area contributed by atoms with Gasteiger partial charge in [-0.05, 0) is 43.3 Å². The fourth-order valence-corrected chi connectivity index (χ4v) is 3.30. The number of aromatic hydroxyl groups is 1. The molecule has 0 saturated heterocycles. The number of amides is 1. The molecule has 4 rings (SSSR count). The average molecular weight is 409 g/mol. The molecular weight excluding hydrogens is 386 g/mol. The van der Waals surface area contributed by atoms with Crippen molar-refractivity contribution in [2.75, 3.05) is 32.2 Å². The molecule has 0 radical (unpaired) electrons. The summed E-state index contributed by atoms with van der Waals surface area (Å²) in [7, 11) is 3.48. The number of fused-ring (bicyclic) bond motifs is 1. The van der Waals surface area contributed by atoms with Crippen LogP contribution in [0.3, 0.4) is 0 Å². The normalized spacial score (nSPS) is 12.8. The van der Waals surface area contributed by atoms with Crippen LogP contribution in [0.25, 0.3) is 11.5 Å². The van der Waals surface area contributed by atoms with Crippen LogP contribution in [-0.2, 0) is 6.54 Å². The molecule has 30 heavy (non-hydrogen) atoms. The molecule has 1 amide bonds. The van der Waals surface area contributed by atoms with Crippen LogP contribution < -0.4 is 19.7 Å². The highest BCUT2D eigenvalue weighted by atomic mass is 16.5. The van der Waals surface area contributed by atoms with Crippen molar-refractivity contribution < 1.29 is 23.8 Å². The van der Waals surface area contributed by atoms with Gasteiger partial charge in [-0.25, -0.2) is 4.98 Å². The third kappa shape index (κ3) is 3.76. The van der Waals surface area contributed by atoms with E-state index in [1.165, 1.54) is 13.2 Å². The third-order valence-electron chi connectivity index (χ3n) is 5.05. The van der Waals surface area contributed by atoms with Crippen molar-refractivity contribution in [3.05, 3.63) is 53.4 Å². The molecule has 0 fully saturated rings. The van der Waals surface area contributed by atoms with Crippen LogP contribution in [0.4, 0.5) is 5.69 Å². The highest BCUT2D eigenvalue weighted by molar-refractivity contribution is 5.95. The van der Waals surface area contributed by atoms with Gasteiger partial charge in [0.15, 0.2) is 11.5 Å². The van der Waals surface area contributed by atoms with Gasteiger partial charge in [0.05, 0.1) is 25.9 Å². The zero-order valence-corrected chi connectivity index (χ0v) is 17.1. The molecule has 1 aromatic heterocycles. The minimum atomic E-state index is -0.222. The second kappa shape index (κ2) is 7.98. The van der Waals surface area contributed by atoms with Gasteiger partial charge < -0.3 is 29.2 Å². The molecule has 3 aromatic rings. The van der Waals surface area contributed by atoms with E-state index in [-0.39, 0.29) is 18.2 Å². The zero-order chi connectivity index (χ0) is 21.3. The van der Waals surface area contributed by atoms with Crippen molar-refractivity contribution in [3.8, 4) is 28.7 Å². The maximum absolute atomic E-state index is 12.6. The Bertz CT molecular complexity index is 1090. The van der Waals surface area contributed by atoms with Gasteiger partial charge in [0, 0.05) is 18.2 Å². The number of phenolic OH excluding ortho intramolecular Hbond substituents is 1. The monoisotopic (exact) mass is 409 g/mol. The first kappa shape index (κ1) is 19.6. The second-order valence-electron chi connectivity index (χ2n) is 7.04. The second-order valence-corrected chi connectivity index (χ2v) is 7.04. The Morgan fingerprint density at radius 1 is 1.30 bits per heavy atom. The number of likely N-dealkylation sites (N-methyl/N-ethyl adjacent to an activating group) is 1. The van der Waals surface area contributed by atoms with Gasteiger partial charge in [0.2, 0.25) is 5.89 Å². The summed E-state index contributed by atoms with van der Waals surface area (Å²) in [4.78, 5) is 19.2. The highest BCUT2D eigenvalue weighted by Gasteiger charge is 2.18. The highest BCUT2D eigenvalue weighted by Crippen LogP contribution is 2.32. The smallest absolute Gasteiger partial charge is 0.251 e. The Hall–Kier alpha value is -3.68. The average Bonchev–Trinajstić information content (AvgIpc) is 3.12. The fraction of sp³-hybridized carbons (Fsp3) is 0.273. The van der Waals surface area contributed by atoms with Gasteiger partial charge in [0.1, 0.15) is 23.8 Å². The van der Waals surface area contributed by atoms with Crippen molar-refractivity contribution in [1.29, 1.82) is 0 Å². The molecule has 1 aliphatic rings. The van der Waals surface area contributed by atoms with Gasteiger partial charge in [-0.15, -0.1) is 0 Å². The number of ether oxygens (including phenoxy) is 2. The molecular formula is C22H23N3O5. The molecule has 8 heteroatoms. The van der Waals surface area contributed by atoms with Gasteiger partial charge in [-0.1, -0.05) is 0 Å². The molecule has 0 bridgehead atoms. The molecule has 8 nitrogen and oxygen atoms in total. The molecule has 2 N–H and O–H groups in total. The van der Waals surface area contributed by atoms with Crippen LogP contribution in [0.15, 0.2) is 40.8 Å². The lowest BCUT2D eigenvalue weighted by Gasteiger charge is -2.27. The van der Waals surface area contributed by atoms with Crippen LogP contribution in [0.5, 0.6) is 17.2 Å². The number of hydrogen-bond donors (Lipinski definition) is 2. The van der Waals surface area contributed by atoms with Gasteiger partial charge in [-0.2, -0.15) is 0 Å². The van der Waals surface area contributed by atoms with E-state index in [0.29, 0.717) is 46.6 Å². The largest absolute Gasteiger partial charge is 0.504 e. The van der Waals surface area contributed by atoms with E-state index in [9.17, 15) is 9.90 Å². The molecule has 0 aliphatic carbocycles. The zero-order valence-electron chi connectivity index (χ0n) is 17.1. The van der Waals surface area contributed by atoms with Crippen LogP contribution >= 0.6 is 0 Å². The first-order valence-corrected chi connectivity index (χ1v) is 9.56. The van der Waals surface area contributed by atoms with E-state index in [1.807, 2.05) is 13.1 Å². The number of nitrogens with one attached hydrogen (secondary N) is 1. The molecule has 2 aromatic carbocycles. The predicted molar refractivity (Wildman–Crippen MR) is 111 cm³/mol. The first-order valence-electron chi connectivity index (χ1n) is 9.56. The van der Waals surface area contributed by atoms with E-state index in [1.54, 1.807) is 31.2 Å². The van der Waals surface area contributed by atoms with Crippen LogP contribution in [-0.4, -0.2) is 43.3 Å². The number of aryl methyl sites for hydroxylation is 1. The minimum absolute atomic E-state index is 0.000907. The summed E-state index contributed by atoms with van der Waals surface area (Å²) in [5.41, 5.74) is 2.72. The van der Waals surface area contributed by atoms with Crippen molar-refractivity contribution in [3.63, 3.8) is 0 Å². The molecule has 1 aliphatic heterocycles. The molecule has 0 spiro atoms. The van der Waals surface area contributed by atoms with Gasteiger partial charge in [0.25, 0.3) is 5.91 Å². The van der Waals surface area contributed by atoms with Crippen LogP contribution in [0, 0.1) is 6.92 Å². The Morgan fingerprint density at radius 2 is 2.13 bits per heavy atom. The Morgan fingerprint density at radius 3 is 2.90 bits per heavy atom.